The van der Waals surface area contributed by atoms with Crippen molar-refractivity contribution in [1.82, 2.24) is 15.5 Å². The number of benzene rings is 3. The fraction of sp³-hybridized carbons (Fsp3) is 0.111. The van der Waals surface area contributed by atoms with Crippen molar-refractivity contribution in [2.45, 2.75) is 35.9 Å². The minimum absolute atomic E-state index is 0.332. The normalized spacial score (nSPS) is 12.2. The summed E-state index contributed by atoms with van der Waals surface area (Å²) in [5.41, 5.74) is 0. The van der Waals surface area contributed by atoms with Gasteiger partial charge >= 0.3 is 32.7 Å². The average molecular weight is 765 g/mol. The zero-order chi connectivity index (χ0) is 36.4. The van der Waals surface area contributed by atoms with E-state index >= 15 is 0 Å². The third-order valence-corrected chi connectivity index (χ3v) is 11.8. The Morgan fingerprint density at radius 1 is 0.510 bits per heavy atom. The Bertz CT molecular complexity index is 2370. The van der Waals surface area contributed by atoms with E-state index < -0.39 is 96.3 Å². The second-order valence-corrected chi connectivity index (χ2v) is 15.5. The summed E-state index contributed by atoms with van der Waals surface area (Å²) in [6.45, 7) is -1.78. The average Bonchev–Trinajstić information content (AvgIpc) is 3.82. The van der Waals surface area contributed by atoms with Gasteiger partial charge in [0.05, 0.1) is 30.2 Å². The van der Waals surface area contributed by atoms with Gasteiger partial charge in [-0.05, 0) is 51.1 Å². The molecule has 0 bridgehead atoms. The predicted molar refractivity (Wildman–Crippen MR) is 157 cm³/mol. The van der Waals surface area contributed by atoms with Crippen LogP contribution in [-0.4, -0.2) is 60.0 Å². The summed E-state index contributed by atoms with van der Waals surface area (Å²) in [7, 11) is -13.9. The Kier molecular flexibility index (Phi) is 9.20. The quantitative estimate of drug-likeness (QED) is 0.131. The van der Waals surface area contributed by atoms with E-state index in [0.717, 1.165) is 0 Å². The van der Waals surface area contributed by atoms with Crippen LogP contribution in [0.3, 0.4) is 0 Å². The van der Waals surface area contributed by atoms with E-state index in [9.17, 15) is 40.9 Å². The van der Waals surface area contributed by atoms with Crippen LogP contribution in [0.15, 0.2) is 135 Å². The molecule has 0 atom stereocenters. The van der Waals surface area contributed by atoms with Crippen LogP contribution < -0.4 is 28.9 Å². The Morgan fingerprint density at radius 2 is 0.804 bits per heavy atom. The van der Waals surface area contributed by atoms with Gasteiger partial charge in [0.25, 0.3) is 29.5 Å². The standard InChI is InChI=1S/C27H20N6O15S3/c34-31-25(49(37,38)19-10-4-1-5-11-19)22(28-46-31)43-16-18(45-24-27(33(36)48-30-24)51(41,42)21-14-8-3-9-15-21)17-44-23-26(32(35)47-29-23)50(39,40)20-12-6-2-7-13-20/h1-15,18H,16-17H2. The molecule has 21 nitrogen and oxygen atoms in total. The summed E-state index contributed by atoms with van der Waals surface area (Å²) in [5, 5.41) is 44.0. The van der Waals surface area contributed by atoms with Crippen LogP contribution in [0, 0.1) is 15.6 Å². The van der Waals surface area contributed by atoms with Gasteiger partial charge in [-0.25, -0.2) is 25.3 Å². The smallest absolute Gasteiger partial charge is 0.415 e. The van der Waals surface area contributed by atoms with Crippen LogP contribution in [0.5, 0.6) is 17.6 Å². The maximum absolute atomic E-state index is 13.3. The van der Waals surface area contributed by atoms with Gasteiger partial charge in [-0.3, -0.25) is 13.9 Å². The summed E-state index contributed by atoms with van der Waals surface area (Å²) >= 11 is 0. The van der Waals surface area contributed by atoms with Crippen molar-refractivity contribution in [3.05, 3.63) is 107 Å². The highest BCUT2D eigenvalue weighted by atomic mass is 32.2. The van der Waals surface area contributed by atoms with Crippen molar-refractivity contribution in [3.63, 3.8) is 0 Å². The summed E-state index contributed by atoms with van der Waals surface area (Å²) in [5.74, 6) is -2.71. The van der Waals surface area contributed by atoms with Crippen LogP contribution in [0.1, 0.15) is 0 Å². The molecule has 0 saturated heterocycles. The number of ether oxygens (including phenoxy) is 3. The first kappa shape index (κ1) is 34.6. The first-order chi connectivity index (χ1) is 24.3. The highest BCUT2D eigenvalue weighted by Gasteiger charge is 2.41. The molecule has 0 aliphatic heterocycles. The van der Waals surface area contributed by atoms with Gasteiger partial charge in [-0.2, -0.15) is 0 Å². The highest BCUT2D eigenvalue weighted by molar-refractivity contribution is 7.92. The fourth-order valence-corrected chi connectivity index (χ4v) is 8.20. The van der Waals surface area contributed by atoms with E-state index in [1.807, 2.05) is 0 Å². The van der Waals surface area contributed by atoms with Crippen LogP contribution >= 0.6 is 0 Å². The van der Waals surface area contributed by atoms with E-state index in [-0.39, 0.29) is 14.7 Å². The molecule has 3 aromatic heterocycles. The summed E-state index contributed by atoms with van der Waals surface area (Å²) in [6.07, 6.45) is -1.70. The third-order valence-electron chi connectivity index (χ3n) is 6.65. The topological polar surface area (TPSA) is 289 Å². The highest BCUT2D eigenvalue weighted by Crippen LogP contribution is 2.29. The Morgan fingerprint density at radius 3 is 1.14 bits per heavy atom. The Hall–Kier alpha value is -6.27. The van der Waals surface area contributed by atoms with Crippen molar-refractivity contribution in [1.29, 1.82) is 0 Å². The van der Waals surface area contributed by atoms with Gasteiger partial charge < -0.3 is 29.8 Å². The molecule has 0 aliphatic rings. The number of nitrogens with zero attached hydrogens (tertiary/aromatic N) is 6. The lowest BCUT2D eigenvalue weighted by Crippen LogP contribution is -2.35. The summed E-state index contributed by atoms with van der Waals surface area (Å²) < 4.78 is 110. The number of rotatable bonds is 14. The van der Waals surface area contributed by atoms with Crippen molar-refractivity contribution in [2.75, 3.05) is 13.2 Å². The lowest BCUT2D eigenvalue weighted by atomic mass is 10.4. The number of aromatic nitrogens is 6. The number of hydrogen-bond acceptors (Lipinski definition) is 18. The molecule has 0 radical (unpaired) electrons. The summed E-state index contributed by atoms with van der Waals surface area (Å²) in [4.78, 5) is -2.35. The van der Waals surface area contributed by atoms with Crippen LogP contribution in [0.25, 0.3) is 0 Å². The molecule has 3 heterocycles. The minimum atomic E-state index is -4.66. The monoisotopic (exact) mass is 764 g/mol. The molecule has 3 aromatic carbocycles. The minimum Gasteiger partial charge on any atom is -0.450 e. The molecule has 6 aromatic rings. The van der Waals surface area contributed by atoms with Gasteiger partial charge in [0.2, 0.25) is 0 Å². The zero-order valence-electron chi connectivity index (χ0n) is 25.2. The first-order valence-corrected chi connectivity index (χ1v) is 18.4. The third kappa shape index (κ3) is 6.69. The SMILES string of the molecule is O=S(=O)(c1ccccc1)c1c(OCC(COc2no[n+]([O-])c2S(=O)(=O)c2ccccc2)Oc2no[n+]([O-])c2S(=O)(=O)c2ccccc2)no[n+]1[O-]. The van der Waals surface area contributed by atoms with Gasteiger partial charge in [0.15, 0.2) is 6.10 Å². The molecule has 0 amide bonds. The lowest BCUT2D eigenvalue weighted by molar-refractivity contribution is -0.832. The van der Waals surface area contributed by atoms with E-state index in [1.165, 1.54) is 91.0 Å². The number of sulfone groups is 3. The first-order valence-electron chi connectivity index (χ1n) is 13.9. The van der Waals surface area contributed by atoms with Gasteiger partial charge in [0, 0.05) is 0 Å². The molecular formula is C27H20N6O15S3. The molecule has 6 rings (SSSR count). The van der Waals surface area contributed by atoms with Crippen LogP contribution in [0.4, 0.5) is 0 Å². The van der Waals surface area contributed by atoms with Crippen LogP contribution in [0.2, 0.25) is 0 Å². The molecule has 0 spiro atoms. The summed E-state index contributed by atoms with van der Waals surface area (Å²) in [6, 6.07) is 20.0. The van der Waals surface area contributed by atoms with Crippen molar-refractivity contribution < 1.29 is 68.1 Å². The lowest BCUT2D eigenvalue weighted by Gasteiger charge is -2.15. The van der Waals surface area contributed by atoms with Gasteiger partial charge in [-0.1, -0.05) is 54.6 Å². The van der Waals surface area contributed by atoms with Crippen molar-refractivity contribution in [2.24, 2.45) is 0 Å². The van der Waals surface area contributed by atoms with Crippen molar-refractivity contribution in [3.8, 4) is 17.6 Å². The largest absolute Gasteiger partial charge is 0.450 e. The predicted octanol–water partition coefficient (Wildman–Crippen LogP) is -0.0454. The molecule has 0 unspecified atom stereocenters. The van der Waals surface area contributed by atoms with E-state index in [0.29, 0.717) is 0 Å². The van der Waals surface area contributed by atoms with Gasteiger partial charge in [-0.15, -0.1) is 0 Å². The molecule has 0 N–H and O–H groups in total. The zero-order valence-corrected chi connectivity index (χ0v) is 27.6. The maximum Gasteiger partial charge on any atom is 0.415 e. The fourth-order valence-electron chi connectivity index (χ4n) is 4.32. The second-order valence-electron chi connectivity index (χ2n) is 9.93. The molecule has 0 fully saturated rings. The van der Waals surface area contributed by atoms with Crippen molar-refractivity contribution >= 4 is 29.5 Å². The second kappa shape index (κ2) is 13.6. The molecule has 0 saturated carbocycles. The molecule has 24 heteroatoms. The molecule has 0 aliphatic carbocycles. The molecule has 51 heavy (non-hydrogen) atoms. The Balaban J connectivity index is 1.34. The molecular weight excluding hydrogens is 745 g/mol. The Labute approximate surface area is 285 Å². The number of hydrogen-bond donors (Lipinski definition) is 0. The van der Waals surface area contributed by atoms with E-state index in [1.54, 1.807) is 0 Å². The maximum atomic E-state index is 13.3. The van der Waals surface area contributed by atoms with E-state index in [4.69, 9.17) is 14.2 Å². The molecule has 266 valence electrons. The van der Waals surface area contributed by atoms with Crippen LogP contribution in [-0.2, 0) is 29.5 Å². The van der Waals surface area contributed by atoms with E-state index in [2.05, 4.69) is 29.4 Å². The van der Waals surface area contributed by atoms with Gasteiger partial charge in [0.1, 0.15) is 13.2 Å².